The molecule has 0 radical (unpaired) electrons. The van der Waals surface area contributed by atoms with E-state index in [-0.39, 0.29) is 6.10 Å². The van der Waals surface area contributed by atoms with E-state index in [0.29, 0.717) is 0 Å². The third-order valence-electron chi connectivity index (χ3n) is 3.61. The molecule has 0 amide bonds. The van der Waals surface area contributed by atoms with E-state index in [4.69, 9.17) is 4.74 Å². The highest BCUT2D eigenvalue weighted by Crippen LogP contribution is 2.09. The van der Waals surface area contributed by atoms with Crippen LogP contribution < -0.4 is 5.32 Å². The van der Waals surface area contributed by atoms with Crippen molar-refractivity contribution in [2.24, 2.45) is 0 Å². The van der Waals surface area contributed by atoms with Crippen LogP contribution in [0.15, 0.2) is 0 Å². The Morgan fingerprint density at radius 3 is 2.56 bits per heavy atom. The number of hydrogen-bond acceptors (Lipinski definition) is 4. The minimum atomic E-state index is -0.126. The number of methoxy groups -OCH3 is 1. The number of unbranched alkanes of at least 4 members (excludes halogenated alkanes) is 2. The summed E-state index contributed by atoms with van der Waals surface area (Å²) in [5, 5.41) is 13.1. The quantitative estimate of drug-likeness (QED) is 0.579. The number of aliphatic hydroxyl groups is 1. The van der Waals surface area contributed by atoms with Crippen LogP contribution in [-0.4, -0.2) is 62.6 Å². The van der Waals surface area contributed by atoms with Gasteiger partial charge in [0.05, 0.1) is 6.10 Å². The van der Waals surface area contributed by atoms with E-state index in [0.717, 1.165) is 45.4 Å². The third kappa shape index (κ3) is 8.03. The van der Waals surface area contributed by atoms with Gasteiger partial charge in [0.15, 0.2) is 0 Å². The number of nitrogens with one attached hydrogen (secondary N) is 1. The zero-order valence-corrected chi connectivity index (χ0v) is 11.9. The van der Waals surface area contributed by atoms with Crippen LogP contribution in [0.3, 0.4) is 0 Å². The van der Waals surface area contributed by atoms with Crippen LogP contribution in [0, 0.1) is 0 Å². The van der Waals surface area contributed by atoms with Crippen molar-refractivity contribution in [2.75, 3.05) is 46.4 Å². The monoisotopic (exact) mass is 258 g/mol. The van der Waals surface area contributed by atoms with Gasteiger partial charge in [-0.3, -0.25) is 0 Å². The van der Waals surface area contributed by atoms with Gasteiger partial charge < -0.3 is 20.1 Å². The van der Waals surface area contributed by atoms with E-state index >= 15 is 0 Å². The Kier molecular flexibility index (Phi) is 9.48. The number of aliphatic hydroxyl groups excluding tert-OH is 1. The molecular weight excluding hydrogens is 228 g/mol. The van der Waals surface area contributed by atoms with Crippen LogP contribution >= 0.6 is 0 Å². The van der Waals surface area contributed by atoms with Crippen molar-refractivity contribution >= 4 is 0 Å². The first-order chi connectivity index (χ1) is 8.83. The molecule has 4 heteroatoms. The summed E-state index contributed by atoms with van der Waals surface area (Å²) in [6.45, 7) is 6.65. The van der Waals surface area contributed by atoms with Gasteiger partial charge >= 0.3 is 0 Å². The number of nitrogens with zero attached hydrogens (tertiary/aromatic N) is 1. The summed E-state index contributed by atoms with van der Waals surface area (Å²) >= 11 is 0. The van der Waals surface area contributed by atoms with Crippen LogP contribution in [0.2, 0.25) is 0 Å². The van der Waals surface area contributed by atoms with Crippen molar-refractivity contribution in [1.29, 1.82) is 0 Å². The molecule has 4 nitrogen and oxygen atoms in total. The minimum absolute atomic E-state index is 0.126. The van der Waals surface area contributed by atoms with Crippen LogP contribution in [0.25, 0.3) is 0 Å². The van der Waals surface area contributed by atoms with Crippen molar-refractivity contribution in [3.8, 4) is 0 Å². The lowest BCUT2D eigenvalue weighted by molar-refractivity contribution is 0.125. The lowest BCUT2D eigenvalue weighted by atomic mass is 10.1. The molecule has 0 unspecified atom stereocenters. The fraction of sp³-hybridized carbons (Fsp3) is 1.00. The minimum Gasteiger partial charge on any atom is -0.393 e. The summed E-state index contributed by atoms with van der Waals surface area (Å²) in [6, 6.07) is 0. The van der Waals surface area contributed by atoms with Gasteiger partial charge in [-0.1, -0.05) is 12.8 Å². The summed E-state index contributed by atoms with van der Waals surface area (Å²) in [6.07, 6.45) is 6.34. The Bertz CT molecular complexity index is 185. The number of ether oxygens (including phenoxy) is 1. The van der Waals surface area contributed by atoms with Crippen molar-refractivity contribution in [3.05, 3.63) is 0 Å². The molecule has 1 heterocycles. The molecule has 1 aliphatic heterocycles. The largest absolute Gasteiger partial charge is 0.393 e. The maximum atomic E-state index is 9.75. The van der Waals surface area contributed by atoms with Gasteiger partial charge in [0, 0.05) is 39.9 Å². The molecule has 108 valence electrons. The number of rotatable bonds is 10. The van der Waals surface area contributed by atoms with Gasteiger partial charge in [-0.2, -0.15) is 0 Å². The van der Waals surface area contributed by atoms with Crippen LogP contribution in [0.5, 0.6) is 0 Å². The average molecular weight is 258 g/mol. The predicted octanol–water partition coefficient (Wildman–Crippen LogP) is 1.24. The molecule has 2 N–H and O–H groups in total. The molecule has 18 heavy (non-hydrogen) atoms. The van der Waals surface area contributed by atoms with E-state index in [1.54, 1.807) is 7.11 Å². The van der Waals surface area contributed by atoms with E-state index in [2.05, 4.69) is 10.2 Å². The molecule has 0 saturated carbocycles. The first-order valence-electron chi connectivity index (χ1n) is 7.43. The second-order valence-corrected chi connectivity index (χ2v) is 5.23. The molecule has 1 aliphatic rings. The zero-order valence-electron chi connectivity index (χ0n) is 11.9. The van der Waals surface area contributed by atoms with E-state index in [9.17, 15) is 5.11 Å². The molecule has 1 saturated heterocycles. The zero-order chi connectivity index (χ0) is 13.1. The van der Waals surface area contributed by atoms with Crippen LogP contribution in [0.4, 0.5) is 0 Å². The molecule has 0 bridgehead atoms. The average Bonchev–Trinajstić information content (AvgIpc) is 2.40. The van der Waals surface area contributed by atoms with Crippen LogP contribution in [-0.2, 0) is 4.74 Å². The molecule has 1 fully saturated rings. The highest BCUT2D eigenvalue weighted by molar-refractivity contribution is 4.67. The Labute approximate surface area is 112 Å². The predicted molar refractivity (Wildman–Crippen MR) is 74.9 cm³/mol. The van der Waals surface area contributed by atoms with Crippen molar-refractivity contribution in [2.45, 2.75) is 44.6 Å². The van der Waals surface area contributed by atoms with Gasteiger partial charge in [-0.05, 0) is 32.2 Å². The number of hydrogen-bond donors (Lipinski definition) is 2. The topological polar surface area (TPSA) is 44.7 Å². The first-order valence-corrected chi connectivity index (χ1v) is 7.43. The maximum absolute atomic E-state index is 9.75. The Hall–Kier alpha value is -0.160. The van der Waals surface area contributed by atoms with Crippen molar-refractivity contribution in [3.63, 3.8) is 0 Å². The Morgan fingerprint density at radius 1 is 1.11 bits per heavy atom. The van der Waals surface area contributed by atoms with Gasteiger partial charge in [0.25, 0.3) is 0 Å². The summed E-state index contributed by atoms with van der Waals surface area (Å²) in [4.78, 5) is 2.53. The first kappa shape index (κ1) is 15.9. The standard InChI is InChI=1S/C14H30N2O2/c1-18-13-5-7-14(17)6-3-2-4-10-16-11-8-15-9-12-16/h14-15,17H,2-13H2,1H3/t14-/m0/s1. The molecular formula is C14H30N2O2. The van der Waals surface area contributed by atoms with E-state index in [1.165, 1.54) is 32.5 Å². The fourth-order valence-corrected chi connectivity index (χ4v) is 2.43. The molecule has 0 spiro atoms. The normalized spacial score (nSPS) is 19.0. The second-order valence-electron chi connectivity index (χ2n) is 5.23. The van der Waals surface area contributed by atoms with Crippen molar-refractivity contribution < 1.29 is 9.84 Å². The lowest BCUT2D eigenvalue weighted by Crippen LogP contribution is -2.43. The summed E-state index contributed by atoms with van der Waals surface area (Å²) in [7, 11) is 1.71. The van der Waals surface area contributed by atoms with Gasteiger partial charge in [0.1, 0.15) is 0 Å². The maximum Gasteiger partial charge on any atom is 0.0541 e. The summed E-state index contributed by atoms with van der Waals surface area (Å²) < 4.78 is 4.98. The third-order valence-corrected chi connectivity index (χ3v) is 3.61. The fourth-order valence-electron chi connectivity index (χ4n) is 2.43. The molecule has 1 atom stereocenters. The smallest absolute Gasteiger partial charge is 0.0541 e. The Morgan fingerprint density at radius 2 is 1.83 bits per heavy atom. The highest BCUT2D eigenvalue weighted by Gasteiger charge is 2.08. The van der Waals surface area contributed by atoms with Crippen molar-refractivity contribution in [1.82, 2.24) is 10.2 Å². The second kappa shape index (κ2) is 10.7. The van der Waals surface area contributed by atoms with Gasteiger partial charge in [-0.25, -0.2) is 0 Å². The van der Waals surface area contributed by atoms with E-state index < -0.39 is 0 Å². The highest BCUT2D eigenvalue weighted by atomic mass is 16.5. The Balaban J connectivity index is 1.85. The van der Waals surface area contributed by atoms with Crippen LogP contribution in [0.1, 0.15) is 38.5 Å². The molecule has 0 aromatic rings. The lowest BCUT2D eigenvalue weighted by Gasteiger charge is -2.27. The van der Waals surface area contributed by atoms with E-state index in [1.807, 2.05) is 0 Å². The molecule has 1 rings (SSSR count). The molecule has 0 aliphatic carbocycles. The van der Waals surface area contributed by atoms with Gasteiger partial charge in [-0.15, -0.1) is 0 Å². The molecule has 0 aromatic carbocycles. The summed E-state index contributed by atoms with van der Waals surface area (Å²) in [5.41, 5.74) is 0. The van der Waals surface area contributed by atoms with Gasteiger partial charge in [0.2, 0.25) is 0 Å². The summed E-state index contributed by atoms with van der Waals surface area (Å²) in [5.74, 6) is 0. The SMILES string of the molecule is COCCC[C@@H](O)CCCCCN1CCNCC1. The number of piperazine rings is 1. The molecule has 0 aromatic heterocycles.